The molecule has 0 bridgehead atoms. The zero-order valence-electron chi connectivity index (χ0n) is 9.63. The van der Waals surface area contributed by atoms with E-state index in [0.29, 0.717) is 0 Å². The Balaban J connectivity index is 0.000000213. The van der Waals surface area contributed by atoms with Crippen LogP contribution in [0.5, 0.6) is 0 Å². The van der Waals surface area contributed by atoms with Gasteiger partial charge in [0.15, 0.2) is 0 Å². The first-order chi connectivity index (χ1) is 6.61. The lowest BCUT2D eigenvalue weighted by atomic mass is 10.1. The molecular formula is C13H20O. The van der Waals surface area contributed by atoms with Crippen LogP contribution in [0.1, 0.15) is 37.5 Å². The SMILES string of the molecule is CC(C)C.Cc1cccc2c1COC2. The minimum Gasteiger partial charge on any atom is -0.372 e. The molecule has 0 radical (unpaired) electrons. The summed E-state index contributed by atoms with van der Waals surface area (Å²) in [5.74, 6) is 0.833. The Bertz CT molecular complexity index is 287. The molecule has 1 aromatic rings. The molecule has 0 fully saturated rings. The van der Waals surface area contributed by atoms with Gasteiger partial charge in [-0.15, -0.1) is 0 Å². The van der Waals surface area contributed by atoms with Crippen LogP contribution in [-0.4, -0.2) is 0 Å². The normalized spacial score (nSPS) is 13.5. The van der Waals surface area contributed by atoms with E-state index in [1.165, 1.54) is 16.7 Å². The monoisotopic (exact) mass is 192 g/mol. The van der Waals surface area contributed by atoms with Crippen molar-refractivity contribution < 1.29 is 4.74 Å². The molecular weight excluding hydrogens is 172 g/mol. The van der Waals surface area contributed by atoms with E-state index in [4.69, 9.17) is 4.74 Å². The molecule has 14 heavy (non-hydrogen) atoms. The minimum atomic E-state index is 0.803. The van der Waals surface area contributed by atoms with Crippen molar-refractivity contribution in [2.24, 2.45) is 5.92 Å². The van der Waals surface area contributed by atoms with E-state index in [1.54, 1.807) is 0 Å². The first-order valence-electron chi connectivity index (χ1n) is 5.26. The quantitative estimate of drug-likeness (QED) is 0.609. The van der Waals surface area contributed by atoms with E-state index in [2.05, 4.69) is 45.9 Å². The third kappa shape index (κ3) is 3.15. The summed E-state index contributed by atoms with van der Waals surface area (Å²) in [5.41, 5.74) is 4.11. The second-order valence-electron chi connectivity index (χ2n) is 4.44. The Morgan fingerprint density at radius 2 is 1.79 bits per heavy atom. The molecule has 0 aromatic heterocycles. The van der Waals surface area contributed by atoms with Crippen molar-refractivity contribution in [2.75, 3.05) is 0 Å². The van der Waals surface area contributed by atoms with Gasteiger partial charge in [0.25, 0.3) is 0 Å². The molecule has 78 valence electrons. The molecule has 0 unspecified atom stereocenters. The van der Waals surface area contributed by atoms with E-state index in [0.717, 1.165) is 19.1 Å². The summed E-state index contributed by atoms with van der Waals surface area (Å²) in [6, 6.07) is 6.35. The van der Waals surface area contributed by atoms with Gasteiger partial charge < -0.3 is 4.74 Å². The van der Waals surface area contributed by atoms with E-state index in [1.807, 2.05) is 0 Å². The average Bonchev–Trinajstić information content (AvgIpc) is 2.52. The lowest BCUT2D eigenvalue weighted by Crippen LogP contribution is -1.84. The van der Waals surface area contributed by atoms with Crippen LogP contribution in [0.15, 0.2) is 18.2 Å². The molecule has 0 amide bonds. The van der Waals surface area contributed by atoms with Crippen LogP contribution in [0, 0.1) is 12.8 Å². The number of hydrogen-bond acceptors (Lipinski definition) is 1. The second kappa shape index (κ2) is 5.16. The zero-order valence-corrected chi connectivity index (χ0v) is 9.63. The van der Waals surface area contributed by atoms with Gasteiger partial charge in [-0.05, 0) is 29.5 Å². The lowest BCUT2D eigenvalue weighted by Gasteiger charge is -1.98. The van der Waals surface area contributed by atoms with Gasteiger partial charge in [-0.2, -0.15) is 0 Å². The topological polar surface area (TPSA) is 9.23 Å². The molecule has 0 atom stereocenters. The number of rotatable bonds is 0. The summed E-state index contributed by atoms with van der Waals surface area (Å²) in [6.07, 6.45) is 0. The number of benzene rings is 1. The van der Waals surface area contributed by atoms with Crippen LogP contribution in [-0.2, 0) is 18.0 Å². The number of ether oxygens (including phenoxy) is 1. The highest BCUT2D eigenvalue weighted by Crippen LogP contribution is 2.22. The molecule has 2 rings (SSSR count). The van der Waals surface area contributed by atoms with Crippen LogP contribution in [0.3, 0.4) is 0 Å². The lowest BCUT2D eigenvalue weighted by molar-refractivity contribution is 0.134. The van der Waals surface area contributed by atoms with Crippen LogP contribution < -0.4 is 0 Å². The Kier molecular flexibility index (Phi) is 4.15. The fourth-order valence-electron chi connectivity index (χ4n) is 1.37. The van der Waals surface area contributed by atoms with E-state index in [9.17, 15) is 0 Å². The van der Waals surface area contributed by atoms with Crippen LogP contribution in [0.2, 0.25) is 0 Å². The van der Waals surface area contributed by atoms with Gasteiger partial charge >= 0.3 is 0 Å². The van der Waals surface area contributed by atoms with Gasteiger partial charge in [0, 0.05) is 0 Å². The largest absolute Gasteiger partial charge is 0.372 e. The molecule has 0 saturated heterocycles. The van der Waals surface area contributed by atoms with Gasteiger partial charge in [-0.25, -0.2) is 0 Å². The Labute approximate surface area is 87.1 Å². The smallest absolute Gasteiger partial charge is 0.0727 e. The van der Waals surface area contributed by atoms with Crippen LogP contribution in [0.25, 0.3) is 0 Å². The van der Waals surface area contributed by atoms with Crippen molar-refractivity contribution in [3.8, 4) is 0 Å². The molecule has 0 saturated carbocycles. The van der Waals surface area contributed by atoms with Crippen LogP contribution in [0.4, 0.5) is 0 Å². The highest BCUT2D eigenvalue weighted by molar-refractivity contribution is 5.35. The average molecular weight is 192 g/mol. The zero-order chi connectivity index (χ0) is 10.6. The predicted molar refractivity (Wildman–Crippen MR) is 60.2 cm³/mol. The summed E-state index contributed by atoms with van der Waals surface area (Å²) >= 11 is 0. The van der Waals surface area contributed by atoms with E-state index < -0.39 is 0 Å². The third-order valence-corrected chi connectivity index (χ3v) is 2.01. The molecule has 1 heterocycles. The van der Waals surface area contributed by atoms with Crippen molar-refractivity contribution in [2.45, 2.75) is 40.9 Å². The maximum absolute atomic E-state index is 5.30. The van der Waals surface area contributed by atoms with Gasteiger partial charge in [0.05, 0.1) is 13.2 Å². The standard InChI is InChI=1S/C9H10O.C4H10/c1-7-3-2-4-8-5-10-6-9(7)8;1-4(2)3/h2-4H,5-6H2,1H3;4H,1-3H3. The van der Waals surface area contributed by atoms with Crippen molar-refractivity contribution in [1.29, 1.82) is 0 Å². The molecule has 0 N–H and O–H groups in total. The highest BCUT2D eigenvalue weighted by Gasteiger charge is 2.11. The number of aryl methyl sites for hydroxylation is 1. The minimum absolute atomic E-state index is 0.803. The fourth-order valence-corrected chi connectivity index (χ4v) is 1.37. The molecule has 0 spiro atoms. The molecule has 1 heteroatoms. The molecule has 0 aliphatic carbocycles. The summed E-state index contributed by atoms with van der Waals surface area (Å²) < 4.78 is 5.30. The second-order valence-corrected chi connectivity index (χ2v) is 4.44. The van der Waals surface area contributed by atoms with E-state index >= 15 is 0 Å². The van der Waals surface area contributed by atoms with Gasteiger partial charge in [0.1, 0.15) is 0 Å². The first kappa shape index (κ1) is 11.3. The number of fused-ring (bicyclic) bond motifs is 1. The van der Waals surface area contributed by atoms with Crippen molar-refractivity contribution in [3.05, 3.63) is 34.9 Å². The first-order valence-corrected chi connectivity index (χ1v) is 5.26. The van der Waals surface area contributed by atoms with Crippen molar-refractivity contribution in [1.82, 2.24) is 0 Å². The number of hydrogen-bond donors (Lipinski definition) is 0. The van der Waals surface area contributed by atoms with E-state index in [-0.39, 0.29) is 0 Å². The van der Waals surface area contributed by atoms with Gasteiger partial charge in [-0.1, -0.05) is 39.0 Å². The van der Waals surface area contributed by atoms with Gasteiger partial charge in [-0.3, -0.25) is 0 Å². The van der Waals surface area contributed by atoms with Gasteiger partial charge in [0.2, 0.25) is 0 Å². The fraction of sp³-hybridized carbons (Fsp3) is 0.538. The van der Waals surface area contributed by atoms with Crippen LogP contribution >= 0.6 is 0 Å². The van der Waals surface area contributed by atoms with Crippen molar-refractivity contribution in [3.63, 3.8) is 0 Å². The Morgan fingerprint density at radius 3 is 2.36 bits per heavy atom. The molecule has 1 aliphatic heterocycles. The maximum atomic E-state index is 5.30. The molecule has 1 aromatic carbocycles. The Hall–Kier alpha value is -0.820. The highest BCUT2D eigenvalue weighted by atomic mass is 16.5. The maximum Gasteiger partial charge on any atom is 0.0727 e. The summed E-state index contributed by atoms with van der Waals surface area (Å²) in [7, 11) is 0. The summed E-state index contributed by atoms with van der Waals surface area (Å²) in [5, 5.41) is 0. The summed E-state index contributed by atoms with van der Waals surface area (Å²) in [4.78, 5) is 0. The molecule has 1 aliphatic rings. The predicted octanol–water partition coefficient (Wildman–Crippen LogP) is 3.69. The Morgan fingerprint density at radius 1 is 1.14 bits per heavy atom. The third-order valence-electron chi connectivity index (χ3n) is 2.01. The summed E-state index contributed by atoms with van der Waals surface area (Å²) in [6.45, 7) is 10.2. The van der Waals surface area contributed by atoms with Crippen molar-refractivity contribution >= 4 is 0 Å². The molecule has 1 nitrogen and oxygen atoms in total.